The zero-order valence-electron chi connectivity index (χ0n) is 63.3. The van der Waals surface area contributed by atoms with Gasteiger partial charge < -0.3 is 122 Å². The average Bonchev–Trinajstić information content (AvgIpc) is 1.58. The van der Waals surface area contributed by atoms with Gasteiger partial charge in [0.15, 0.2) is 0 Å². The maximum absolute atomic E-state index is 12.6. The second-order valence-electron chi connectivity index (χ2n) is 27.1. The number of carbonyl (C=O) groups excluding carboxylic acids is 6. The molecular formula is C77H118N20O9. The zero-order chi connectivity index (χ0) is 78.5. The van der Waals surface area contributed by atoms with E-state index in [1.807, 2.05) is 86.3 Å². The van der Waals surface area contributed by atoms with E-state index < -0.39 is 29.5 Å². The van der Waals surface area contributed by atoms with Crippen LogP contribution in [0.5, 0.6) is 0 Å². The fourth-order valence-electron chi connectivity index (χ4n) is 13.3. The van der Waals surface area contributed by atoms with Gasteiger partial charge in [0.2, 0.25) is 0 Å². The molecule has 6 aromatic rings. The van der Waals surface area contributed by atoms with Gasteiger partial charge in [-0.25, -0.2) is 0 Å². The van der Waals surface area contributed by atoms with E-state index in [-0.39, 0.29) is 37.3 Å². The molecule has 580 valence electrons. The van der Waals surface area contributed by atoms with E-state index in [9.17, 15) is 33.9 Å². The second kappa shape index (κ2) is 42.5. The lowest BCUT2D eigenvalue weighted by Crippen LogP contribution is -2.33. The smallest absolute Gasteiger partial charge is 0.256 e. The maximum atomic E-state index is 12.6. The van der Waals surface area contributed by atoms with E-state index >= 15 is 0 Å². The average molecular weight is 1470 g/mol. The van der Waals surface area contributed by atoms with Crippen molar-refractivity contribution in [1.82, 2.24) is 14.7 Å². The minimum absolute atomic E-state index is 0.0664. The summed E-state index contributed by atoms with van der Waals surface area (Å²) in [5.74, 6) is -2.27. The summed E-state index contributed by atoms with van der Waals surface area (Å²) in [6.07, 6.45) is 8.75. The van der Waals surface area contributed by atoms with Crippen LogP contribution in [0.4, 0.5) is 68.2 Å². The van der Waals surface area contributed by atoms with E-state index in [0.29, 0.717) is 87.2 Å². The van der Waals surface area contributed by atoms with E-state index in [1.54, 1.807) is 59.5 Å². The number of nitrogens with zero attached hydrogens (tertiary/aromatic N) is 9. The molecule has 29 heteroatoms. The predicted molar refractivity (Wildman–Crippen MR) is 432 cm³/mol. The van der Waals surface area contributed by atoms with Crippen LogP contribution in [0, 0.1) is 0 Å². The number of anilines is 12. The second-order valence-corrected chi connectivity index (χ2v) is 27.1. The van der Waals surface area contributed by atoms with E-state index in [2.05, 4.69) is 57.3 Å². The summed E-state index contributed by atoms with van der Waals surface area (Å²) in [6, 6.07) is 32.7. The molecule has 3 atom stereocenters. The minimum atomic E-state index is -0.590. The molecule has 4 fully saturated rings. The normalized spacial score (nSPS) is 15.7. The molecule has 4 heterocycles. The van der Waals surface area contributed by atoms with Gasteiger partial charge in [0.25, 0.3) is 35.4 Å². The standard InChI is InChI=1S/C15H23N3O.C14H24N4O.C13H20N4O.C12H17N3O2.C12H17N3O.C11H17N3O3/c1-3-17(4-2)15(19)13-11-12(16)7-8-14(13)18-9-5-6-10-18;1-4-7-18(9-8-17(2)3)13-6-5-11(15)10-12(13)14(16)19;1-16(2)10-5-6-17(8-10)12-4-3-9(14)7-11(12)13(15)18;13-8-3-4-11(10(6-8)12(14)17)15-5-1-2-9(15)7-16;1-8-3-2-6-15(8)11-5-4-9(13)7-10(11)12(14)16;12-8-1-2-10(9(7-8)11(13)17)14(3-5-15)4-6-16/h7-8,11H,3-6,9-10,16H2,1-2H3;5-6,10H,4,7-9,15H2,1-3H3,(H2,16,19);3-4,7,10H,5-6,8,14H2,1-2H3,(H2,15,18);3-4,6,9,16H,1-2,5,7,13H2,(H2,14,17);4-5,7-8H,2-3,6,13H2,1H3,(H2,14,16);1-2,7,15-16H,3-6,12H2,(H2,13,17). The molecular weight excluding hydrogens is 1350 g/mol. The van der Waals surface area contributed by atoms with Crippen molar-refractivity contribution in [2.45, 2.75) is 97.2 Å². The van der Waals surface area contributed by atoms with Crippen LogP contribution in [0.3, 0.4) is 0 Å². The first kappa shape index (κ1) is 86.2. The third-order valence-corrected chi connectivity index (χ3v) is 18.9. The molecule has 0 bridgehead atoms. The van der Waals surface area contributed by atoms with Gasteiger partial charge in [-0.15, -0.1) is 0 Å². The molecule has 0 saturated carbocycles. The number of nitrogen functional groups attached to an aromatic ring is 6. The van der Waals surface area contributed by atoms with Crippen molar-refractivity contribution in [1.29, 1.82) is 0 Å². The van der Waals surface area contributed by atoms with Crippen LogP contribution in [-0.2, 0) is 0 Å². The molecule has 6 aromatic carbocycles. The van der Waals surface area contributed by atoms with Crippen molar-refractivity contribution in [3.05, 3.63) is 143 Å². The largest absolute Gasteiger partial charge is 0.399 e. The van der Waals surface area contributed by atoms with E-state index in [1.165, 1.54) is 18.9 Å². The first-order chi connectivity index (χ1) is 50.4. The molecule has 0 radical (unpaired) electrons. The number of nitrogens with two attached hydrogens (primary N) is 11. The molecule has 3 unspecified atom stereocenters. The number of primary amides is 5. The molecule has 0 aliphatic carbocycles. The number of hydrogen-bond donors (Lipinski definition) is 14. The van der Waals surface area contributed by atoms with Crippen molar-refractivity contribution in [2.75, 3.05) is 197 Å². The molecule has 4 saturated heterocycles. The Morgan fingerprint density at radius 2 is 0.811 bits per heavy atom. The van der Waals surface area contributed by atoms with Crippen molar-refractivity contribution >= 4 is 104 Å². The lowest BCUT2D eigenvalue weighted by atomic mass is 10.1. The summed E-state index contributed by atoms with van der Waals surface area (Å²) in [4.78, 5) is 88.5. The van der Waals surface area contributed by atoms with Gasteiger partial charge in [-0.1, -0.05) is 6.92 Å². The Morgan fingerprint density at radius 1 is 0.425 bits per heavy atom. The summed E-state index contributed by atoms with van der Waals surface area (Å²) >= 11 is 0. The monoisotopic (exact) mass is 1470 g/mol. The number of benzene rings is 6. The highest BCUT2D eigenvalue weighted by molar-refractivity contribution is 6.03. The van der Waals surface area contributed by atoms with E-state index in [0.717, 1.165) is 145 Å². The lowest BCUT2D eigenvalue weighted by Gasteiger charge is -2.27. The first-order valence-corrected chi connectivity index (χ1v) is 36.3. The molecule has 6 amide bonds. The molecule has 0 spiro atoms. The third kappa shape index (κ3) is 24.9. The van der Waals surface area contributed by atoms with Crippen LogP contribution in [-0.4, -0.2) is 217 Å². The first-order valence-electron chi connectivity index (χ1n) is 36.3. The van der Waals surface area contributed by atoms with Gasteiger partial charge in [0.05, 0.1) is 59.2 Å². The Hall–Kier alpha value is -10.5. The van der Waals surface area contributed by atoms with Crippen molar-refractivity contribution in [2.24, 2.45) is 28.7 Å². The molecule has 106 heavy (non-hydrogen) atoms. The molecule has 25 N–H and O–H groups in total. The number of hydrogen-bond acceptors (Lipinski definition) is 23. The summed E-state index contributed by atoms with van der Waals surface area (Å²) < 4.78 is 0. The number of carbonyl (C=O) groups is 6. The molecule has 4 aliphatic heterocycles. The van der Waals surface area contributed by atoms with Gasteiger partial charge in [0.1, 0.15) is 0 Å². The van der Waals surface area contributed by atoms with Gasteiger partial charge in [0, 0.05) is 165 Å². The number of likely N-dealkylation sites (N-methyl/N-ethyl adjacent to an activating group) is 2. The van der Waals surface area contributed by atoms with Gasteiger partial charge >= 0.3 is 0 Å². The molecule has 4 aliphatic rings. The fraction of sp³-hybridized carbons (Fsp3) is 0.455. The Labute approximate surface area is 625 Å². The van der Waals surface area contributed by atoms with Crippen molar-refractivity contribution in [3.8, 4) is 0 Å². The van der Waals surface area contributed by atoms with Crippen LogP contribution in [0.1, 0.15) is 141 Å². The highest BCUT2D eigenvalue weighted by Gasteiger charge is 2.30. The summed E-state index contributed by atoms with van der Waals surface area (Å²) in [5.41, 5.74) is 72.4. The van der Waals surface area contributed by atoms with Crippen molar-refractivity contribution < 1.29 is 44.1 Å². The number of amides is 6. The molecule has 0 aromatic heterocycles. The van der Waals surface area contributed by atoms with Crippen LogP contribution in [0.25, 0.3) is 0 Å². The van der Waals surface area contributed by atoms with Gasteiger partial charge in [-0.3, -0.25) is 28.8 Å². The van der Waals surface area contributed by atoms with Crippen LogP contribution < -0.4 is 92.5 Å². The Bertz CT molecular complexity index is 3840. The molecule has 29 nitrogen and oxygen atoms in total. The lowest BCUT2D eigenvalue weighted by molar-refractivity contribution is 0.0772. The van der Waals surface area contributed by atoms with Crippen LogP contribution in [0.15, 0.2) is 109 Å². The summed E-state index contributed by atoms with van der Waals surface area (Å²) in [6.45, 7) is 18.7. The summed E-state index contributed by atoms with van der Waals surface area (Å²) in [7, 11) is 8.21. The predicted octanol–water partition coefficient (Wildman–Crippen LogP) is 4.85. The SMILES string of the molecule is CC1CCCN1c1ccc(N)cc1C(N)=O.CCCN(CCN(C)C)c1ccc(N)cc1C(N)=O.CCN(CC)C(=O)c1cc(N)ccc1N1CCCC1.CN(C)C1CCN(c2ccc(N)cc2C(N)=O)C1.NC(=O)c1cc(N)ccc1N(CCO)CCO.NC(=O)c1cc(N)ccc1N1CCCC1CO. The number of aliphatic hydroxyl groups excluding tert-OH is 3. The fourth-order valence-corrected chi connectivity index (χ4v) is 13.3. The highest BCUT2D eigenvalue weighted by Crippen LogP contribution is 2.34. The zero-order valence-corrected chi connectivity index (χ0v) is 63.3. The van der Waals surface area contributed by atoms with Crippen LogP contribution >= 0.6 is 0 Å². The highest BCUT2D eigenvalue weighted by atomic mass is 16.3. The topological polar surface area (TPSA) is 478 Å². The minimum Gasteiger partial charge on any atom is -0.399 e. The Kier molecular flexibility index (Phi) is 34.5. The van der Waals surface area contributed by atoms with Gasteiger partial charge in [-0.05, 0) is 210 Å². The van der Waals surface area contributed by atoms with Crippen LogP contribution in [0.2, 0.25) is 0 Å². The van der Waals surface area contributed by atoms with Gasteiger partial charge in [-0.2, -0.15) is 0 Å². The summed E-state index contributed by atoms with van der Waals surface area (Å²) in [5, 5.41) is 27.2. The quantitative estimate of drug-likeness (QED) is 0.0341. The molecule has 10 rings (SSSR count). The maximum Gasteiger partial charge on any atom is 0.256 e. The number of aliphatic hydroxyl groups is 3. The van der Waals surface area contributed by atoms with E-state index in [4.69, 9.17) is 73.3 Å². The Balaban J connectivity index is 0.000000228. The third-order valence-electron chi connectivity index (χ3n) is 18.9. The Morgan fingerprint density at radius 3 is 1.20 bits per heavy atom. The van der Waals surface area contributed by atoms with Crippen molar-refractivity contribution in [3.63, 3.8) is 0 Å². The number of rotatable bonds is 25.